The van der Waals surface area contributed by atoms with Crippen LogP contribution in [0, 0.1) is 0 Å². The molecule has 4 nitrogen and oxygen atoms in total. The highest BCUT2D eigenvalue weighted by Gasteiger charge is 2.62. The van der Waals surface area contributed by atoms with Crippen molar-refractivity contribution in [1.29, 1.82) is 0 Å². The summed E-state index contributed by atoms with van der Waals surface area (Å²) in [7, 11) is -1.20. The highest BCUT2D eigenvalue weighted by Crippen LogP contribution is 2.50. The average molecular weight is 462 g/mol. The van der Waals surface area contributed by atoms with Crippen LogP contribution in [-0.2, 0) is 25.6 Å². The molecule has 0 aromatic heterocycles. The van der Waals surface area contributed by atoms with Gasteiger partial charge in [-0.1, -0.05) is 45.0 Å². The molecule has 2 aromatic carbocycles. The number of hydrogen-bond acceptors (Lipinski definition) is 4. The third-order valence-corrected chi connectivity index (χ3v) is 5.72. The molecule has 2 aliphatic rings. The maximum Gasteiger partial charge on any atom is 0.533 e. The van der Waals surface area contributed by atoms with Crippen molar-refractivity contribution in [2.24, 2.45) is 5.16 Å². The van der Waals surface area contributed by atoms with Crippen LogP contribution in [0.3, 0.4) is 0 Å². The van der Waals surface area contributed by atoms with E-state index in [1.54, 1.807) is 19.9 Å². The molecule has 0 spiro atoms. The largest absolute Gasteiger partial charge is 0.533 e. The van der Waals surface area contributed by atoms with E-state index in [9.17, 15) is 17.7 Å². The second-order valence-electron chi connectivity index (χ2n) is 7.64. The molecule has 0 saturated heterocycles. The zero-order valence-corrected chi connectivity index (χ0v) is 17.2. The Labute approximate surface area is 179 Å². The molecule has 2 aliphatic heterocycles. The summed E-state index contributed by atoms with van der Waals surface area (Å²) in [4.78, 5) is 8.86. The predicted molar refractivity (Wildman–Crippen MR) is 105 cm³/mol. The van der Waals surface area contributed by atoms with Gasteiger partial charge in [0.2, 0.25) is 0 Å². The average Bonchev–Trinajstić information content (AvgIpc) is 3.21. The van der Waals surface area contributed by atoms with Gasteiger partial charge in [-0.05, 0) is 54.7 Å². The molecule has 4 rings (SSSR count). The van der Waals surface area contributed by atoms with Crippen LogP contribution in [0.5, 0.6) is 0 Å². The first-order valence-electron chi connectivity index (χ1n) is 8.85. The Morgan fingerprint density at radius 2 is 1.77 bits per heavy atom. The van der Waals surface area contributed by atoms with Gasteiger partial charge in [0, 0.05) is 22.0 Å². The van der Waals surface area contributed by atoms with Crippen molar-refractivity contribution in [3.8, 4) is 0 Å². The molecule has 0 N–H and O–H groups in total. The molecule has 0 fully saturated rings. The molecule has 0 aliphatic carbocycles. The first-order valence-corrected chi connectivity index (χ1v) is 9.61. The minimum Gasteiger partial charge on any atom is -0.396 e. The van der Waals surface area contributed by atoms with Gasteiger partial charge in [0.05, 0.1) is 11.3 Å². The molecule has 11 heteroatoms. The highest BCUT2D eigenvalue weighted by molar-refractivity contribution is 6.63. The van der Waals surface area contributed by atoms with Crippen molar-refractivity contribution in [2.75, 3.05) is 0 Å². The van der Waals surface area contributed by atoms with E-state index in [1.165, 1.54) is 18.2 Å². The summed E-state index contributed by atoms with van der Waals surface area (Å²) in [5.74, 6) is 0. The molecule has 1 unspecified atom stereocenters. The molecule has 0 bridgehead atoms. The molecular weight excluding hydrogens is 448 g/mol. The van der Waals surface area contributed by atoms with E-state index in [0.29, 0.717) is 16.6 Å². The third-order valence-electron chi connectivity index (χ3n) is 5.29. The van der Waals surface area contributed by atoms with Gasteiger partial charge in [-0.25, -0.2) is 4.86 Å². The van der Waals surface area contributed by atoms with Gasteiger partial charge in [-0.2, -0.15) is 13.2 Å². The minimum absolute atomic E-state index is 0.0480. The summed E-state index contributed by atoms with van der Waals surface area (Å²) in [5, 5.41) is 3.83. The lowest BCUT2D eigenvalue weighted by Crippen LogP contribution is -2.42. The standard InChI is InChI=1S/C19H14BCl2F4NO3/c1-17(2)14-5-10(3-4-15(14)20(28-17)30-26)16-9-18(29-27-16,19(23,24)25)11-6-12(21)8-13(22)7-11/h3-8H,9H2,1-2H3. The Hall–Kier alpha value is -1.81. The molecule has 0 saturated carbocycles. The Morgan fingerprint density at radius 3 is 2.37 bits per heavy atom. The van der Waals surface area contributed by atoms with E-state index in [4.69, 9.17) is 32.7 Å². The first-order chi connectivity index (χ1) is 14.0. The van der Waals surface area contributed by atoms with Crippen LogP contribution >= 0.6 is 23.2 Å². The molecule has 1 atom stereocenters. The number of hydrogen-bond donors (Lipinski definition) is 0. The van der Waals surface area contributed by atoms with E-state index in [-0.39, 0.29) is 21.3 Å². The molecule has 0 radical (unpaired) electrons. The lowest BCUT2D eigenvalue weighted by Gasteiger charge is -2.29. The summed E-state index contributed by atoms with van der Waals surface area (Å²) >= 11 is 11.8. The fourth-order valence-electron chi connectivity index (χ4n) is 3.77. The Morgan fingerprint density at radius 1 is 1.10 bits per heavy atom. The van der Waals surface area contributed by atoms with Crippen LogP contribution in [0.15, 0.2) is 41.6 Å². The van der Waals surface area contributed by atoms with Crippen LogP contribution < -0.4 is 5.46 Å². The van der Waals surface area contributed by atoms with E-state index in [0.717, 1.165) is 12.1 Å². The lowest BCUT2D eigenvalue weighted by molar-refractivity contribution is -0.275. The normalized spacial score (nSPS) is 22.7. The number of nitrogens with zero attached hydrogens (tertiary/aromatic N) is 1. The topological polar surface area (TPSA) is 40.0 Å². The number of fused-ring (bicyclic) bond motifs is 1. The molecule has 0 amide bonds. The summed E-state index contributed by atoms with van der Waals surface area (Å²) in [6.07, 6.45) is -5.38. The zero-order valence-electron chi connectivity index (χ0n) is 15.7. The van der Waals surface area contributed by atoms with Crippen molar-refractivity contribution < 1.29 is 32.0 Å². The van der Waals surface area contributed by atoms with E-state index in [2.05, 4.69) is 10.0 Å². The van der Waals surface area contributed by atoms with Crippen LogP contribution in [0.1, 0.15) is 37.0 Å². The summed E-state index contributed by atoms with van der Waals surface area (Å²) in [6, 6.07) is 8.31. The van der Waals surface area contributed by atoms with Gasteiger partial charge in [0.1, 0.15) is 0 Å². The fraction of sp³-hybridized carbons (Fsp3) is 0.316. The van der Waals surface area contributed by atoms with Crippen molar-refractivity contribution in [3.05, 3.63) is 63.1 Å². The van der Waals surface area contributed by atoms with Crippen molar-refractivity contribution >= 4 is 41.5 Å². The van der Waals surface area contributed by atoms with Crippen LogP contribution in [0.4, 0.5) is 17.7 Å². The maximum atomic E-state index is 14.1. The Balaban J connectivity index is 1.74. The fourth-order valence-corrected chi connectivity index (χ4v) is 4.30. The van der Waals surface area contributed by atoms with Crippen molar-refractivity contribution in [3.63, 3.8) is 0 Å². The zero-order chi connectivity index (χ0) is 21.9. The van der Waals surface area contributed by atoms with E-state index >= 15 is 0 Å². The van der Waals surface area contributed by atoms with Gasteiger partial charge in [0.25, 0.3) is 5.60 Å². The van der Waals surface area contributed by atoms with Gasteiger partial charge in [-0.15, -0.1) is 0 Å². The van der Waals surface area contributed by atoms with Crippen LogP contribution in [-0.4, -0.2) is 19.0 Å². The SMILES string of the molecule is CC1(C)OB(OF)c2ccc(C3=NOC(c4cc(Cl)cc(Cl)c4)(C(F)(F)F)C3)cc21. The second kappa shape index (κ2) is 7.12. The Kier molecular flexibility index (Phi) is 5.09. The maximum absolute atomic E-state index is 14.1. The smallest absolute Gasteiger partial charge is 0.396 e. The minimum atomic E-state index is -4.79. The Bertz CT molecular complexity index is 1030. The first kappa shape index (κ1) is 21.4. The molecule has 2 aromatic rings. The van der Waals surface area contributed by atoms with Crippen LogP contribution in [0.25, 0.3) is 0 Å². The quantitative estimate of drug-likeness (QED) is 0.451. The van der Waals surface area contributed by atoms with E-state index in [1.807, 2.05) is 0 Å². The number of oxime groups is 1. The molecule has 2 heterocycles. The summed E-state index contributed by atoms with van der Waals surface area (Å²) in [5.41, 5.74) is -2.37. The summed E-state index contributed by atoms with van der Waals surface area (Å²) in [6.45, 7) is 3.41. The lowest BCUT2D eigenvalue weighted by atomic mass is 9.77. The monoisotopic (exact) mass is 461 g/mol. The van der Waals surface area contributed by atoms with Crippen LogP contribution in [0.2, 0.25) is 10.0 Å². The van der Waals surface area contributed by atoms with Gasteiger partial charge in [0.15, 0.2) is 0 Å². The molecular formula is C19H14BCl2F4NO3. The number of alkyl halides is 3. The van der Waals surface area contributed by atoms with Crippen molar-refractivity contribution in [1.82, 2.24) is 0 Å². The third kappa shape index (κ3) is 3.37. The van der Waals surface area contributed by atoms with E-state index < -0.39 is 30.9 Å². The number of halogens is 6. The predicted octanol–water partition coefficient (Wildman–Crippen LogP) is 5.44. The molecule has 158 valence electrons. The summed E-state index contributed by atoms with van der Waals surface area (Å²) < 4.78 is 60.7. The molecule has 30 heavy (non-hydrogen) atoms. The van der Waals surface area contributed by atoms with Gasteiger partial charge < -0.3 is 9.49 Å². The van der Waals surface area contributed by atoms with Crippen molar-refractivity contribution in [2.45, 2.75) is 37.6 Å². The highest BCUT2D eigenvalue weighted by atomic mass is 35.5. The van der Waals surface area contributed by atoms with Gasteiger partial charge in [-0.3, -0.25) is 0 Å². The number of rotatable bonds is 3. The number of benzene rings is 2. The second-order valence-corrected chi connectivity index (χ2v) is 8.51. The van der Waals surface area contributed by atoms with Gasteiger partial charge >= 0.3 is 13.3 Å².